The Kier molecular flexibility index (Phi) is 3.71. The second-order valence-electron chi connectivity index (χ2n) is 3.58. The standard InChI is InChI=1S/C12H10BNO4/c15-12(9-3-2-6-14-8-9)18-11-5-1-4-10(7-11)13(16)17/h1-8,16-17H. The lowest BCUT2D eigenvalue weighted by molar-refractivity contribution is 0.0734. The number of rotatable bonds is 3. The van der Waals surface area contributed by atoms with E-state index in [-0.39, 0.29) is 11.2 Å². The Morgan fingerprint density at radius 3 is 2.72 bits per heavy atom. The molecule has 0 saturated heterocycles. The lowest BCUT2D eigenvalue weighted by atomic mass is 9.80. The van der Waals surface area contributed by atoms with E-state index in [4.69, 9.17) is 14.8 Å². The summed E-state index contributed by atoms with van der Waals surface area (Å²) < 4.78 is 5.09. The van der Waals surface area contributed by atoms with Crippen molar-refractivity contribution < 1.29 is 19.6 Å². The molecule has 1 aromatic heterocycles. The van der Waals surface area contributed by atoms with Crippen LogP contribution in [0, 0.1) is 0 Å². The van der Waals surface area contributed by atoms with Gasteiger partial charge in [0.2, 0.25) is 0 Å². The zero-order valence-corrected chi connectivity index (χ0v) is 9.35. The van der Waals surface area contributed by atoms with Gasteiger partial charge in [-0.15, -0.1) is 0 Å². The van der Waals surface area contributed by atoms with Crippen molar-refractivity contribution in [1.82, 2.24) is 4.98 Å². The van der Waals surface area contributed by atoms with Gasteiger partial charge in [0, 0.05) is 12.4 Å². The maximum absolute atomic E-state index is 11.7. The summed E-state index contributed by atoms with van der Waals surface area (Å²) in [6.07, 6.45) is 2.95. The smallest absolute Gasteiger partial charge is 0.423 e. The third-order valence-corrected chi connectivity index (χ3v) is 2.26. The summed E-state index contributed by atoms with van der Waals surface area (Å²) in [7, 11) is -1.60. The van der Waals surface area contributed by atoms with Crippen LogP contribution in [-0.2, 0) is 0 Å². The zero-order chi connectivity index (χ0) is 13.0. The summed E-state index contributed by atoms with van der Waals surface area (Å²) in [5.41, 5.74) is 0.582. The van der Waals surface area contributed by atoms with E-state index >= 15 is 0 Å². The normalized spacial score (nSPS) is 9.89. The van der Waals surface area contributed by atoms with Gasteiger partial charge in [-0.3, -0.25) is 4.98 Å². The number of carbonyl (C=O) groups excluding carboxylic acids is 1. The zero-order valence-electron chi connectivity index (χ0n) is 9.35. The Morgan fingerprint density at radius 2 is 2.06 bits per heavy atom. The van der Waals surface area contributed by atoms with Crippen LogP contribution in [0.3, 0.4) is 0 Å². The molecule has 1 aromatic carbocycles. The largest absolute Gasteiger partial charge is 0.488 e. The molecule has 0 amide bonds. The van der Waals surface area contributed by atoms with Gasteiger partial charge in [0.1, 0.15) is 5.75 Å². The molecule has 5 nitrogen and oxygen atoms in total. The monoisotopic (exact) mass is 243 g/mol. The minimum absolute atomic E-state index is 0.245. The van der Waals surface area contributed by atoms with Gasteiger partial charge in [-0.1, -0.05) is 12.1 Å². The van der Waals surface area contributed by atoms with Crippen LogP contribution in [0.15, 0.2) is 48.8 Å². The van der Waals surface area contributed by atoms with Gasteiger partial charge in [0.15, 0.2) is 0 Å². The third-order valence-electron chi connectivity index (χ3n) is 2.26. The summed E-state index contributed by atoms with van der Waals surface area (Å²) in [6, 6.07) is 9.25. The van der Waals surface area contributed by atoms with E-state index in [1.54, 1.807) is 30.5 Å². The number of carbonyl (C=O) groups is 1. The SMILES string of the molecule is O=C(Oc1cccc(B(O)O)c1)c1cccnc1. The first-order valence-corrected chi connectivity index (χ1v) is 5.25. The van der Waals surface area contributed by atoms with Crippen molar-refractivity contribution in [3.05, 3.63) is 54.4 Å². The number of ether oxygens (including phenoxy) is 1. The maximum atomic E-state index is 11.7. The first kappa shape index (κ1) is 12.3. The summed E-state index contributed by atoms with van der Waals surface area (Å²) in [4.78, 5) is 15.5. The highest BCUT2D eigenvalue weighted by Gasteiger charge is 2.13. The third kappa shape index (κ3) is 2.94. The molecule has 6 heteroatoms. The van der Waals surface area contributed by atoms with Crippen molar-refractivity contribution in [2.24, 2.45) is 0 Å². The number of hydrogen-bond acceptors (Lipinski definition) is 5. The second kappa shape index (κ2) is 5.44. The molecule has 0 aliphatic rings. The molecule has 0 aliphatic heterocycles. The molecule has 0 bridgehead atoms. The highest BCUT2D eigenvalue weighted by atomic mass is 16.5. The summed E-state index contributed by atoms with van der Waals surface area (Å²) in [5.74, 6) is -0.304. The second-order valence-corrected chi connectivity index (χ2v) is 3.58. The van der Waals surface area contributed by atoms with Crippen LogP contribution in [0.25, 0.3) is 0 Å². The van der Waals surface area contributed by atoms with E-state index in [1.165, 1.54) is 18.3 Å². The summed E-state index contributed by atoms with van der Waals surface area (Å²) in [5, 5.41) is 18.0. The Balaban J connectivity index is 2.15. The van der Waals surface area contributed by atoms with Gasteiger partial charge >= 0.3 is 13.1 Å². The van der Waals surface area contributed by atoms with Crippen LogP contribution in [0.1, 0.15) is 10.4 Å². The van der Waals surface area contributed by atoms with Crippen LogP contribution < -0.4 is 10.2 Å². The van der Waals surface area contributed by atoms with Gasteiger partial charge in [-0.2, -0.15) is 0 Å². The number of esters is 1. The van der Waals surface area contributed by atoms with Crippen LogP contribution in [0.5, 0.6) is 5.75 Å². The fourth-order valence-electron chi connectivity index (χ4n) is 1.39. The molecule has 0 spiro atoms. The van der Waals surface area contributed by atoms with E-state index in [0.29, 0.717) is 5.56 Å². The van der Waals surface area contributed by atoms with E-state index in [0.717, 1.165) is 0 Å². The van der Waals surface area contributed by atoms with E-state index in [9.17, 15) is 4.79 Å². The van der Waals surface area contributed by atoms with Gasteiger partial charge in [-0.05, 0) is 29.7 Å². The molecule has 0 radical (unpaired) electrons. The van der Waals surface area contributed by atoms with Crippen molar-refractivity contribution in [2.45, 2.75) is 0 Å². The van der Waals surface area contributed by atoms with E-state index < -0.39 is 13.1 Å². The van der Waals surface area contributed by atoms with Crippen molar-refractivity contribution in [1.29, 1.82) is 0 Å². The average molecular weight is 243 g/mol. The van der Waals surface area contributed by atoms with Gasteiger partial charge in [0.25, 0.3) is 0 Å². The molecule has 2 N–H and O–H groups in total. The van der Waals surface area contributed by atoms with E-state index in [2.05, 4.69) is 4.98 Å². The fraction of sp³-hybridized carbons (Fsp3) is 0. The predicted octanol–water partition coefficient (Wildman–Crippen LogP) is -0.0194. The number of pyridine rings is 1. The number of nitrogens with zero attached hydrogens (tertiary/aromatic N) is 1. The van der Waals surface area contributed by atoms with Gasteiger partial charge in [-0.25, -0.2) is 4.79 Å². The highest BCUT2D eigenvalue weighted by molar-refractivity contribution is 6.58. The molecular formula is C12H10BNO4. The van der Waals surface area contributed by atoms with Crippen molar-refractivity contribution in [3.8, 4) is 5.75 Å². The maximum Gasteiger partial charge on any atom is 0.488 e. The Labute approximate surface area is 104 Å². The molecule has 0 saturated carbocycles. The fourth-order valence-corrected chi connectivity index (χ4v) is 1.39. The highest BCUT2D eigenvalue weighted by Crippen LogP contribution is 2.10. The number of hydrogen-bond donors (Lipinski definition) is 2. The summed E-state index contributed by atoms with van der Waals surface area (Å²) >= 11 is 0. The minimum atomic E-state index is -1.60. The van der Waals surface area contributed by atoms with Crippen molar-refractivity contribution >= 4 is 18.6 Å². The molecule has 2 aromatic rings. The first-order valence-electron chi connectivity index (χ1n) is 5.25. The molecular weight excluding hydrogens is 233 g/mol. The molecule has 0 aliphatic carbocycles. The van der Waals surface area contributed by atoms with Crippen LogP contribution in [0.4, 0.5) is 0 Å². The van der Waals surface area contributed by atoms with E-state index in [1.807, 2.05) is 0 Å². The van der Waals surface area contributed by atoms with Gasteiger partial charge in [0.05, 0.1) is 5.56 Å². The number of aromatic nitrogens is 1. The molecule has 0 unspecified atom stereocenters. The Morgan fingerprint density at radius 1 is 1.22 bits per heavy atom. The Bertz CT molecular complexity index is 545. The predicted molar refractivity (Wildman–Crippen MR) is 65.5 cm³/mol. The van der Waals surface area contributed by atoms with Crippen molar-refractivity contribution in [3.63, 3.8) is 0 Å². The lowest BCUT2D eigenvalue weighted by Crippen LogP contribution is -2.29. The molecule has 0 atom stereocenters. The quantitative estimate of drug-likeness (QED) is 0.450. The molecule has 90 valence electrons. The van der Waals surface area contributed by atoms with Gasteiger partial charge < -0.3 is 14.8 Å². The first-order chi connectivity index (χ1) is 8.66. The summed E-state index contributed by atoms with van der Waals surface area (Å²) in [6.45, 7) is 0. The number of benzene rings is 1. The topological polar surface area (TPSA) is 79.7 Å². The molecule has 1 heterocycles. The van der Waals surface area contributed by atoms with Crippen LogP contribution in [0.2, 0.25) is 0 Å². The van der Waals surface area contributed by atoms with Crippen LogP contribution in [-0.4, -0.2) is 28.1 Å². The average Bonchev–Trinajstić information content (AvgIpc) is 2.40. The van der Waals surface area contributed by atoms with Crippen molar-refractivity contribution in [2.75, 3.05) is 0 Å². The molecule has 0 fully saturated rings. The molecule has 18 heavy (non-hydrogen) atoms. The lowest BCUT2D eigenvalue weighted by Gasteiger charge is -2.05. The molecule has 2 rings (SSSR count). The minimum Gasteiger partial charge on any atom is -0.423 e. The van der Waals surface area contributed by atoms with Crippen LogP contribution >= 0.6 is 0 Å². The Hall–Kier alpha value is -2.18.